The van der Waals surface area contributed by atoms with E-state index >= 15 is 0 Å². The molecule has 0 aromatic heterocycles. The maximum Gasteiger partial charge on any atom is 0.466 e. The molecule has 0 unspecified atom stereocenters. The van der Waals surface area contributed by atoms with Crippen molar-refractivity contribution in [1.29, 1.82) is 0 Å². The first-order chi connectivity index (χ1) is 15.7. The van der Waals surface area contributed by atoms with Crippen molar-refractivity contribution in [2.75, 3.05) is 10.9 Å². The zero-order valence-corrected chi connectivity index (χ0v) is 20.6. The number of hydrogen-bond acceptors (Lipinski definition) is 5. The third-order valence-corrected chi connectivity index (χ3v) is 7.36. The van der Waals surface area contributed by atoms with Gasteiger partial charge in [0, 0.05) is 11.4 Å². The highest BCUT2D eigenvalue weighted by molar-refractivity contribution is 6.49. The van der Waals surface area contributed by atoms with E-state index in [1.165, 1.54) is 0 Å². The van der Waals surface area contributed by atoms with E-state index in [2.05, 4.69) is 0 Å². The minimum atomic E-state index is -0.578. The molecule has 2 aromatic carbocycles. The van der Waals surface area contributed by atoms with Crippen LogP contribution in [0.3, 0.4) is 0 Å². The zero-order valence-electron chi connectivity index (χ0n) is 19.9. The highest BCUT2D eigenvalue weighted by Gasteiger charge is 2.61. The summed E-state index contributed by atoms with van der Waals surface area (Å²) in [6, 6.07) is 18.6. The lowest BCUT2D eigenvalue weighted by atomic mass is 9.63. The lowest BCUT2D eigenvalue weighted by molar-refractivity contribution is 0.00578. The maximum atomic E-state index is 13.9. The van der Waals surface area contributed by atoms with Crippen LogP contribution in [0.4, 0.5) is 5.69 Å². The molecule has 2 aromatic rings. The van der Waals surface area contributed by atoms with Crippen LogP contribution in [0.2, 0.25) is 5.82 Å². The van der Waals surface area contributed by atoms with E-state index in [-0.39, 0.29) is 17.7 Å². The molecule has 2 aliphatic heterocycles. The van der Waals surface area contributed by atoms with E-state index in [0.717, 1.165) is 24.9 Å². The highest BCUT2D eigenvalue weighted by atomic mass is 35.5. The molecule has 0 saturated carbocycles. The van der Waals surface area contributed by atoms with Gasteiger partial charge in [-0.05, 0) is 59.1 Å². The molecule has 0 radical (unpaired) electrons. The van der Waals surface area contributed by atoms with Gasteiger partial charge in [0.1, 0.15) is 6.04 Å². The van der Waals surface area contributed by atoms with Crippen LogP contribution in [0, 0.1) is 0 Å². The Morgan fingerprint density at radius 2 is 1.52 bits per heavy atom. The summed E-state index contributed by atoms with van der Waals surface area (Å²) >= 11 is 5.95. The second-order valence-electron chi connectivity index (χ2n) is 9.87. The SMILES string of the molecule is CC1(C)OB([C@@H]2[C@@H](CCCCCl)ON(c3ccccc3)[C@H]2C(=O)c2ccccc2)OC1(C)C. The number of halogens is 1. The maximum absolute atomic E-state index is 13.9. The first-order valence-electron chi connectivity index (χ1n) is 11.8. The molecule has 2 saturated heterocycles. The Bertz CT molecular complexity index is 924. The van der Waals surface area contributed by atoms with Crippen LogP contribution in [0.5, 0.6) is 0 Å². The molecule has 176 valence electrons. The number of Topliss-reactive ketones (excluding diaryl/α,β-unsaturated/α-hetero) is 1. The van der Waals surface area contributed by atoms with Gasteiger partial charge in [-0.15, -0.1) is 11.6 Å². The van der Waals surface area contributed by atoms with Gasteiger partial charge in [0.15, 0.2) is 5.78 Å². The number of benzene rings is 2. The van der Waals surface area contributed by atoms with Crippen molar-refractivity contribution >= 4 is 30.2 Å². The first kappa shape index (κ1) is 24.3. The summed E-state index contributed by atoms with van der Waals surface area (Å²) in [6.07, 6.45) is 2.32. The lowest BCUT2D eigenvalue weighted by Crippen LogP contribution is -2.44. The summed E-state index contributed by atoms with van der Waals surface area (Å²) < 4.78 is 13.0. The number of alkyl halides is 1. The van der Waals surface area contributed by atoms with Crippen molar-refractivity contribution < 1.29 is 18.9 Å². The molecule has 2 aliphatic rings. The largest absolute Gasteiger partial charge is 0.466 e. The molecule has 0 spiro atoms. The second kappa shape index (κ2) is 9.79. The molecule has 2 heterocycles. The number of carbonyl (C=O) groups is 1. The van der Waals surface area contributed by atoms with Crippen LogP contribution in [-0.2, 0) is 14.1 Å². The smallest absolute Gasteiger partial charge is 0.403 e. The van der Waals surface area contributed by atoms with Gasteiger partial charge in [-0.3, -0.25) is 9.63 Å². The number of hydroxylamine groups is 1. The monoisotopic (exact) mass is 469 g/mol. The van der Waals surface area contributed by atoms with Crippen LogP contribution in [0.1, 0.15) is 57.3 Å². The molecule has 5 nitrogen and oxygen atoms in total. The average Bonchev–Trinajstić information content (AvgIpc) is 3.28. The van der Waals surface area contributed by atoms with Crippen molar-refractivity contribution in [3.8, 4) is 0 Å². The summed E-state index contributed by atoms with van der Waals surface area (Å²) in [4.78, 5) is 20.5. The number of nitrogens with zero attached hydrogens (tertiary/aromatic N) is 1. The van der Waals surface area contributed by atoms with Gasteiger partial charge in [0.25, 0.3) is 0 Å². The number of anilines is 1. The van der Waals surface area contributed by atoms with Gasteiger partial charge in [-0.2, -0.15) is 0 Å². The van der Waals surface area contributed by atoms with Gasteiger partial charge < -0.3 is 9.31 Å². The topological polar surface area (TPSA) is 48.0 Å². The summed E-state index contributed by atoms with van der Waals surface area (Å²) in [5.41, 5.74) is 0.487. The molecule has 2 fully saturated rings. The van der Waals surface area contributed by atoms with Gasteiger partial charge in [-0.1, -0.05) is 48.5 Å². The number of para-hydroxylation sites is 1. The van der Waals surface area contributed by atoms with Gasteiger partial charge in [0.2, 0.25) is 0 Å². The van der Waals surface area contributed by atoms with E-state index in [4.69, 9.17) is 25.7 Å². The van der Waals surface area contributed by atoms with Crippen molar-refractivity contribution in [2.45, 2.75) is 76.1 Å². The fourth-order valence-electron chi connectivity index (χ4n) is 4.55. The summed E-state index contributed by atoms with van der Waals surface area (Å²) in [7, 11) is -0.567. The van der Waals surface area contributed by atoms with E-state index in [9.17, 15) is 4.79 Å². The molecule has 0 amide bonds. The third kappa shape index (κ3) is 4.85. The van der Waals surface area contributed by atoms with E-state index in [0.29, 0.717) is 11.4 Å². The highest BCUT2D eigenvalue weighted by Crippen LogP contribution is 2.48. The number of carbonyl (C=O) groups excluding carboxylic acids is 1. The summed E-state index contributed by atoms with van der Waals surface area (Å²) in [6.45, 7) is 8.14. The Morgan fingerprint density at radius 3 is 2.09 bits per heavy atom. The Balaban J connectivity index is 1.75. The van der Waals surface area contributed by atoms with Crippen LogP contribution >= 0.6 is 11.6 Å². The lowest BCUT2D eigenvalue weighted by Gasteiger charge is -2.32. The molecule has 0 bridgehead atoms. The minimum Gasteiger partial charge on any atom is -0.403 e. The summed E-state index contributed by atoms with van der Waals surface area (Å²) in [5, 5.41) is 1.77. The van der Waals surface area contributed by atoms with E-state index < -0.39 is 24.4 Å². The predicted octanol–water partition coefficient (Wildman–Crippen LogP) is 5.93. The Morgan fingerprint density at radius 1 is 0.939 bits per heavy atom. The quantitative estimate of drug-likeness (QED) is 0.207. The van der Waals surface area contributed by atoms with E-state index in [1.54, 1.807) is 5.06 Å². The van der Waals surface area contributed by atoms with Gasteiger partial charge in [-0.25, -0.2) is 5.06 Å². The zero-order chi connectivity index (χ0) is 23.6. The van der Waals surface area contributed by atoms with E-state index in [1.807, 2.05) is 88.4 Å². The van der Waals surface area contributed by atoms with Crippen molar-refractivity contribution in [1.82, 2.24) is 0 Å². The minimum absolute atomic E-state index is 0.000918. The normalized spacial score (nSPS) is 26.0. The Labute approximate surface area is 202 Å². The molecule has 33 heavy (non-hydrogen) atoms. The summed E-state index contributed by atoms with van der Waals surface area (Å²) in [5.74, 6) is 0.302. The van der Waals surface area contributed by atoms with Crippen molar-refractivity contribution in [3.63, 3.8) is 0 Å². The van der Waals surface area contributed by atoms with Crippen molar-refractivity contribution in [3.05, 3.63) is 66.2 Å². The number of unbranched alkanes of at least 4 members (excludes halogenated alkanes) is 1. The average molecular weight is 470 g/mol. The third-order valence-electron chi connectivity index (χ3n) is 7.09. The standard InChI is InChI=1S/C26H33BClNO4/c1-25(2)26(3,4)33-27(32-25)22-21(17-11-12-18-28)31-29(20-15-9-6-10-16-20)23(22)24(30)19-13-7-5-8-14-19/h5-10,13-16,21-23H,11-12,17-18H2,1-4H3/t21-,22-,23-/m1/s1. The molecular weight excluding hydrogens is 437 g/mol. The molecular formula is C26H33BClNO4. The predicted molar refractivity (Wildman–Crippen MR) is 133 cm³/mol. The fraction of sp³-hybridized carbons (Fsp3) is 0.500. The Kier molecular flexibility index (Phi) is 7.20. The first-order valence-corrected chi connectivity index (χ1v) is 12.3. The van der Waals surface area contributed by atoms with Crippen LogP contribution in [0.25, 0.3) is 0 Å². The van der Waals surface area contributed by atoms with Gasteiger partial charge in [0.05, 0.1) is 28.8 Å². The molecule has 0 aliphatic carbocycles. The van der Waals surface area contributed by atoms with Gasteiger partial charge >= 0.3 is 7.12 Å². The number of hydrogen-bond donors (Lipinski definition) is 0. The molecule has 3 atom stereocenters. The van der Waals surface area contributed by atoms with Crippen LogP contribution < -0.4 is 5.06 Å². The van der Waals surface area contributed by atoms with Crippen LogP contribution in [0.15, 0.2) is 60.7 Å². The molecule has 4 rings (SSSR count). The fourth-order valence-corrected chi connectivity index (χ4v) is 4.74. The number of rotatable bonds is 8. The molecule has 0 N–H and O–H groups in total. The number of ketones is 1. The molecule has 7 heteroatoms. The van der Waals surface area contributed by atoms with Crippen molar-refractivity contribution in [2.24, 2.45) is 0 Å². The Hall–Kier alpha value is -1.86. The second-order valence-corrected chi connectivity index (χ2v) is 10.2. The van der Waals surface area contributed by atoms with Crippen LogP contribution in [-0.4, -0.2) is 42.1 Å².